The van der Waals surface area contributed by atoms with Crippen molar-refractivity contribution in [2.75, 3.05) is 31.7 Å². The summed E-state index contributed by atoms with van der Waals surface area (Å²) in [5.41, 5.74) is 1.28. The van der Waals surface area contributed by atoms with Gasteiger partial charge in [-0.25, -0.2) is 4.68 Å². The zero-order valence-electron chi connectivity index (χ0n) is 14.6. The molecule has 132 valence electrons. The van der Waals surface area contributed by atoms with Crippen LogP contribution in [0.1, 0.15) is 12.8 Å². The lowest BCUT2D eigenvalue weighted by atomic mass is 10.1. The van der Waals surface area contributed by atoms with E-state index in [1.807, 2.05) is 4.68 Å². The minimum atomic E-state index is 0.571. The molecule has 0 aliphatic carbocycles. The second kappa shape index (κ2) is 7.23. The fourth-order valence-corrected chi connectivity index (χ4v) is 3.54. The van der Waals surface area contributed by atoms with Crippen LogP contribution in [0.2, 0.25) is 0 Å². The first-order valence-corrected chi connectivity index (χ1v) is 8.90. The monoisotopic (exact) mass is 340 g/mol. The van der Waals surface area contributed by atoms with E-state index in [1.54, 1.807) is 0 Å². The van der Waals surface area contributed by atoms with E-state index in [1.165, 1.54) is 10.9 Å². The molecule has 3 aromatic rings. The Morgan fingerprint density at radius 2 is 2.16 bits per heavy atom. The highest BCUT2D eigenvalue weighted by Crippen LogP contribution is 2.18. The van der Waals surface area contributed by atoms with Crippen molar-refractivity contribution < 1.29 is 4.74 Å². The van der Waals surface area contributed by atoms with Crippen LogP contribution in [0.5, 0.6) is 0 Å². The molecular formula is C18H24N6O. The summed E-state index contributed by atoms with van der Waals surface area (Å²) in [4.78, 5) is 2.14. The molecule has 0 amide bonds. The third-order valence-corrected chi connectivity index (χ3v) is 4.86. The van der Waals surface area contributed by atoms with E-state index in [9.17, 15) is 0 Å². The first-order valence-electron chi connectivity index (χ1n) is 8.90. The maximum atomic E-state index is 5.46. The van der Waals surface area contributed by atoms with E-state index in [4.69, 9.17) is 4.74 Å². The predicted octanol–water partition coefficient (Wildman–Crippen LogP) is 2.19. The molecule has 1 aliphatic heterocycles. The van der Waals surface area contributed by atoms with Gasteiger partial charge >= 0.3 is 0 Å². The van der Waals surface area contributed by atoms with Crippen LogP contribution in [0.25, 0.3) is 10.9 Å². The molecule has 0 saturated carbocycles. The van der Waals surface area contributed by atoms with Crippen LogP contribution < -0.4 is 4.90 Å². The van der Waals surface area contributed by atoms with Crippen LogP contribution in [0, 0.1) is 5.92 Å². The molecule has 4 rings (SSSR count). The minimum Gasteiger partial charge on any atom is -0.381 e. The van der Waals surface area contributed by atoms with Crippen molar-refractivity contribution in [3.8, 4) is 0 Å². The number of ether oxygens (including phenoxy) is 1. The van der Waals surface area contributed by atoms with Crippen molar-refractivity contribution >= 4 is 16.9 Å². The number of aryl methyl sites for hydroxylation is 2. The first kappa shape index (κ1) is 16.1. The Morgan fingerprint density at radius 1 is 1.24 bits per heavy atom. The topological polar surface area (TPSA) is 61.0 Å². The summed E-state index contributed by atoms with van der Waals surface area (Å²) in [6, 6.07) is 10.6. The van der Waals surface area contributed by atoms with E-state index >= 15 is 0 Å². The quantitative estimate of drug-likeness (QED) is 0.660. The summed E-state index contributed by atoms with van der Waals surface area (Å²) in [5.74, 6) is 1.41. The second-order valence-electron chi connectivity index (χ2n) is 6.73. The molecule has 25 heavy (non-hydrogen) atoms. The van der Waals surface area contributed by atoms with Crippen molar-refractivity contribution in [3.63, 3.8) is 0 Å². The highest BCUT2D eigenvalue weighted by atomic mass is 16.5. The van der Waals surface area contributed by atoms with Gasteiger partial charge in [0.15, 0.2) is 0 Å². The number of para-hydroxylation sites is 1. The molecule has 0 N–H and O–H groups in total. The highest BCUT2D eigenvalue weighted by molar-refractivity contribution is 5.79. The largest absolute Gasteiger partial charge is 0.381 e. The molecule has 0 bridgehead atoms. The SMILES string of the molecule is CN(CC1CCOC1)c1nnnn1CCCn1ccc2ccccc21. The molecule has 7 nitrogen and oxygen atoms in total. The van der Waals surface area contributed by atoms with Gasteiger partial charge < -0.3 is 14.2 Å². The van der Waals surface area contributed by atoms with Gasteiger partial charge in [-0.3, -0.25) is 0 Å². The van der Waals surface area contributed by atoms with E-state index < -0.39 is 0 Å². The van der Waals surface area contributed by atoms with Crippen molar-refractivity contribution in [2.45, 2.75) is 25.9 Å². The minimum absolute atomic E-state index is 0.571. The van der Waals surface area contributed by atoms with E-state index in [0.29, 0.717) is 5.92 Å². The number of hydrogen-bond donors (Lipinski definition) is 0. The number of nitrogens with zero attached hydrogens (tertiary/aromatic N) is 6. The van der Waals surface area contributed by atoms with Crippen molar-refractivity contribution in [1.82, 2.24) is 24.8 Å². The van der Waals surface area contributed by atoms with Gasteiger partial charge in [-0.2, -0.15) is 0 Å². The number of anilines is 1. The Kier molecular flexibility index (Phi) is 4.65. The Hall–Kier alpha value is -2.41. The lowest BCUT2D eigenvalue weighted by molar-refractivity contribution is 0.186. The fraction of sp³-hybridized carbons (Fsp3) is 0.500. The van der Waals surface area contributed by atoms with E-state index in [0.717, 1.165) is 51.6 Å². The third kappa shape index (κ3) is 3.51. The Labute approximate surface area is 147 Å². The van der Waals surface area contributed by atoms with Gasteiger partial charge in [0.25, 0.3) is 0 Å². The lowest BCUT2D eigenvalue weighted by Crippen LogP contribution is -2.28. The lowest BCUT2D eigenvalue weighted by Gasteiger charge is -2.20. The van der Waals surface area contributed by atoms with Crippen LogP contribution in [0.3, 0.4) is 0 Å². The van der Waals surface area contributed by atoms with Gasteiger partial charge in [0, 0.05) is 50.9 Å². The summed E-state index contributed by atoms with van der Waals surface area (Å²) in [6.45, 7) is 4.40. The molecule has 1 aromatic carbocycles. The zero-order chi connectivity index (χ0) is 17.1. The summed E-state index contributed by atoms with van der Waals surface area (Å²) in [6.07, 6.45) is 4.25. The fourth-order valence-electron chi connectivity index (χ4n) is 3.54. The third-order valence-electron chi connectivity index (χ3n) is 4.86. The molecule has 7 heteroatoms. The maximum Gasteiger partial charge on any atom is 0.245 e. The van der Waals surface area contributed by atoms with E-state index in [2.05, 4.69) is 68.6 Å². The van der Waals surface area contributed by atoms with Crippen LogP contribution >= 0.6 is 0 Å². The molecule has 2 aromatic heterocycles. The van der Waals surface area contributed by atoms with Crippen LogP contribution in [-0.4, -0.2) is 51.6 Å². The van der Waals surface area contributed by atoms with Gasteiger partial charge in [0.2, 0.25) is 5.95 Å². The molecule has 1 fully saturated rings. The van der Waals surface area contributed by atoms with Crippen LogP contribution in [0.4, 0.5) is 5.95 Å². The molecular weight excluding hydrogens is 316 g/mol. The van der Waals surface area contributed by atoms with Crippen molar-refractivity contribution in [2.24, 2.45) is 5.92 Å². The van der Waals surface area contributed by atoms with Gasteiger partial charge in [0.05, 0.1) is 6.61 Å². The molecule has 0 radical (unpaired) electrons. The van der Waals surface area contributed by atoms with Gasteiger partial charge in [0.1, 0.15) is 0 Å². The van der Waals surface area contributed by atoms with Crippen molar-refractivity contribution in [3.05, 3.63) is 36.5 Å². The van der Waals surface area contributed by atoms with Gasteiger partial charge in [-0.15, -0.1) is 0 Å². The number of tetrazole rings is 1. The molecule has 1 aliphatic rings. The first-order chi connectivity index (χ1) is 12.3. The molecule has 0 spiro atoms. The summed E-state index contributed by atoms with van der Waals surface area (Å²) in [5, 5.41) is 13.5. The normalized spacial score (nSPS) is 17.4. The van der Waals surface area contributed by atoms with Gasteiger partial charge in [-0.05, 0) is 40.8 Å². The summed E-state index contributed by atoms with van der Waals surface area (Å²) >= 11 is 0. The molecule has 1 saturated heterocycles. The standard InChI is InChI=1S/C18H24N6O/c1-22(13-15-8-12-25-14-15)18-19-20-21-24(18)10-4-9-23-11-7-16-5-2-3-6-17(16)23/h2-3,5-7,11,15H,4,8-10,12-14H2,1H3. The zero-order valence-corrected chi connectivity index (χ0v) is 14.6. The molecule has 1 unspecified atom stereocenters. The summed E-state index contributed by atoms with van der Waals surface area (Å²) in [7, 11) is 2.06. The molecule has 1 atom stereocenters. The van der Waals surface area contributed by atoms with Crippen LogP contribution in [0.15, 0.2) is 36.5 Å². The number of aromatic nitrogens is 5. The predicted molar refractivity (Wildman–Crippen MR) is 96.6 cm³/mol. The Balaban J connectivity index is 1.36. The summed E-state index contributed by atoms with van der Waals surface area (Å²) < 4.78 is 9.65. The van der Waals surface area contributed by atoms with Crippen molar-refractivity contribution in [1.29, 1.82) is 0 Å². The highest BCUT2D eigenvalue weighted by Gasteiger charge is 2.20. The number of rotatable bonds is 7. The average Bonchev–Trinajstić information content (AvgIpc) is 3.36. The number of benzene rings is 1. The number of hydrogen-bond acceptors (Lipinski definition) is 5. The second-order valence-corrected chi connectivity index (χ2v) is 6.73. The smallest absolute Gasteiger partial charge is 0.245 e. The van der Waals surface area contributed by atoms with Gasteiger partial charge in [-0.1, -0.05) is 23.3 Å². The van der Waals surface area contributed by atoms with Crippen LogP contribution in [-0.2, 0) is 17.8 Å². The molecule has 3 heterocycles. The Morgan fingerprint density at radius 3 is 3.04 bits per heavy atom. The average molecular weight is 340 g/mol. The number of fused-ring (bicyclic) bond motifs is 1. The Bertz CT molecular complexity index is 820. The van der Waals surface area contributed by atoms with E-state index in [-0.39, 0.29) is 0 Å². The maximum absolute atomic E-state index is 5.46.